The van der Waals surface area contributed by atoms with E-state index in [1.165, 1.54) is 0 Å². The number of nitrogens with zero attached hydrogens (tertiary/aromatic N) is 3. The molecule has 5 nitrogen and oxygen atoms in total. The molecule has 0 saturated heterocycles. The van der Waals surface area contributed by atoms with E-state index in [-0.39, 0.29) is 0 Å². The molecule has 0 saturated carbocycles. The Bertz CT molecular complexity index is 368. The summed E-state index contributed by atoms with van der Waals surface area (Å²) in [6.45, 7) is 6.81. The molecule has 0 unspecified atom stereocenters. The molecule has 0 amide bonds. The van der Waals surface area contributed by atoms with Crippen molar-refractivity contribution >= 4 is 5.82 Å². The van der Waals surface area contributed by atoms with Crippen LogP contribution in [0, 0.1) is 0 Å². The Morgan fingerprint density at radius 1 is 1.26 bits per heavy atom. The molecule has 0 fully saturated rings. The van der Waals surface area contributed by atoms with Gasteiger partial charge < -0.3 is 15.0 Å². The van der Waals surface area contributed by atoms with Crippen LogP contribution in [-0.4, -0.2) is 48.7 Å². The molecule has 1 N–H and O–H groups in total. The minimum atomic E-state index is 0.671. The highest BCUT2D eigenvalue weighted by Gasteiger charge is 2.04. The highest BCUT2D eigenvalue weighted by Crippen LogP contribution is 2.14. The number of aryl methyl sites for hydroxylation is 1. The third kappa shape index (κ3) is 6.38. The Balaban J connectivity index is 2.55. The smallest absolute Gasteiger partial charge is 0.218 e. The molecule has 0 radical (unpaired) electrons. The number of hydrogen-bond acceptors (Lipinski definition) is 5. The summed E-state index contributed by atoms with van der Waals surface area (Å²) in [7, 11) is 4.12. The Morgan fingerprint density at radius 3 is 2.68 bits per heavy atom. The summed E-state index contributed by atoms with van der Waals surface area (Å²) in [5.41, 5.74) is 0. The molecule has 1 rings (SSSR count). The van der Waals surface area contributed by atoms with E-state index in [1.54, 1.807) is 0 Å². The van der Waals surface area contributed by atoms with Gasteiger partial charge in [-0.3, -0.25) is 0 Å². The molecule has 0 aromatic carbocycles. The number of hydrogen-bond donors (Lipinski definition) is 1. The summed E-state index contributed by atoms with van der Waals surface area (Å²) >= 11 is 0. The number of rotatable bonds is 9. The largest absolute Gasteiger partial charge is 0.477 e. The number of nitrogens with one attached hydrogen (secondary N) is 1. The van der Waals surface area contributed by atoms with Crippen molar-refractivity contribution in [1.29, 1.82) is 0 Å². The van der Waals surface area contributed by atoms with E-state index in [0.29, 0.717) is 12.5 Å². The summed E-state index contributed by atoms with van der Waals surface area (Å²) in [4.78, 5) is 11.0. The highest BCUT2D eigenvalue weighted by atomic mass is 16.5. The van der Waals surface area contributed by atoms with Crippen LogP contribution in [0.2, 0.25) is 0 Å². The van der Waals surface area contributed by atoms with Crippen LogP contribution in [0.4, 0.5) is 5.82 Å². The molecule has 0 atom stereocenters. The fraction of sp³-hybridized carbons (Fsp3) is 0.714. The van der Waals surface area contributed by atoms with E-state index in [9.17, 15) is 0 Å². The van der Waals surface area contributed by atoms with Crippen LogP contribution in [0.3, 0.4) is 0 Å². The fourth-order valence-corrected chi connectivity index (χ4v) is 1.61. The summed E-state index contributed by atoms with van der Waals surface area (Å²) in [6.07, 6.45) is 2.89. The summed E-state index contributed by atoms with van der Waals surface area (Å²) in [6, 6.07) is 1.88. The summed E-state index contributed by atoms with van der Waals surface area (Å²) < 4.78 is 5.70. The van der Waals surface area contributed by atoms with Crippen LogP contribution in [0.5, 0.6) is 5.88 Å². The maximum absolute atomic E-state index is 5.70. The lowest BCUT2D eigenvalue weighted by Crippen LogP contribution is -2.16. The van der Waals surface area contributed by atoms with E-state index in [4.69, 9.17) is 4.74 Å². The quantitative estimate of drug-likeness (QED) is 0.694. The predicted molar refractivity (Wildman–Crippen MR) is 78.9 cm³/mol. The lowest BCUT2D eigenvalue weighted by molar-refractivity contribution is 0.272. The molecule has 108 valence electrons. The normalized spacial score (nSPS) is 10.8. The van der Waals surface area contributed by atoms with E-state index in [0.717, 1.165) is 44.0 Å². The van der Waals surface area contributed by atoms with Crippen molar-refractivity contribution in [2.45, 2.75) is 33.1 Å². The molecule has 1 heterocycles. The first-order chi connectivity index (χ1) is 9.15. The van der Waals surface area contributed by atoms with Crippen molar-refractivity contribution in [3.63, 3.8) is 0 Å². The van der Waals surface area contributed by atoms with E-state index in [1.807, 2.05) is 6.07 Å². The molecule has 1 aromatic rings. The molecular weight excluding hydrogens is 240 g/mol. The van der Waals surface area contributed by atoms with Gasteiger partial charge in [0.05, 0.1) is 6.61 Å². The van der Waals surface area contributed by atoms with Crippen molar-refractivity contribution < 1.29 is 4.74 Å². The van der Waals surface area contributed by atoms with Crippen LogP contribution in [0.15, 0.2) is 6.07 Å². The summed E-state index contributed by atoms with van der Waals surface area (Å²) in [5.74, 6) is 2.35. The Kier molecular flexibility index (Phi) is 7.18. The molecule has 19 heavy (non-hydrogen) atoms. The highest BCUT2D eigenvalue weighted by molar-refractivity contribution is 5.38. The second-order valence-electron chi connectivity index (χ2n) is 4.79. The number of aromatic nitrogens is 2. The van der Waals surface area contributed by atoms with Crippen molar-refractivity contribution in [2.75, 3.05) is 39.1 Å². The molecular formula is C14H26N4O. The van der Waals surface area contributed by atoms with Gasteiger partial charge in [0.1, 0.15) is 11.6 Å². The van der Waals surface area contributed by atoms with E-state index >= 15 is 0 Å². The van der Waals surface area contributed by atoms with Crippen LogP contribution in [0.25, 0.3) is 0 Å². The number of ether oxygens (including phenoxy) is 1. The topological polar surface area (TPSA) is 50.3 Å². The van der Waals surface area contributed by atoms with Gasteiger partial charge in [-0.1, -0.05) is 13.8 Å². The van der Waals surface area contributed by atoms with Gasteiger partial charge in [0.15, 0.2) is 0 Å². The Hall–Kier alpha value is -1.36. The molecule has 0 aliphatic carbocycles. The van der Waals surface area contributed by atoms with E-state index < -0.39 is 0 Å². The zero-order valence-electron chi connectivity index (χ0n) is 12.6. The molecule has 1 aromatic heterocycles. The molecule has 5 heteroatoms. The van der Waals surface area contributed by atoms with Crippen molar-refractivity contribution in [2.24, 2.45) is 0 Å². The second kappa shape index (κ2) is 8.69. The molecule has 0 aliphatic rings. The van der Waals surface area contributed by atoms with Crippen LogP contribution in [0.1, 0.15) is 32.5 Å². The second-order valence-corrected chi connectivity index (χ2v) is 4.79. The summed E-state index contributed by atoms with van der Waals surface area (Å²) in [5, 5.41) is 3.28. The molecule has 0 bridgehead atoms. The van der Waals surface area contributed by atoms with Gasteiger partial charge in [-0.15, -0.1) is 0 Å². The van der Waals surface area contributed by atoms with Crippen LogP contribution >= 0.6 is 0 Å². The van der Waals surface area contributed by atoms with Gasteiger partial charge in [-0.25, -0.2) is 4.98 Å². The van der Waals surface area contributed by atoms with Crippen LogP contribution < -0.4 is 10.1 Å². The zero-order valence-corrected chi connectivity index (χ0v) is 12.6. The first-order valence-corrected chi connectivity index (χ1v) is 7.05. The van der Waals surface area contributed by atoms with Crippen LogP contribution in [-0.2, 0) is 6.42 Å². The standard InChI is InChI=1S/C14H26N4O/c1-5-8-15-13-11-14(17-12(6-2)16-13)19-10-7-9-18(3)4/h11H,5-10H2,1-4H3,(H,15,16,17). The average Bonchev–Trinajstić information content (AvgIpc) is 2.41. The average molecular weight is 266 g/mol. The first kappa shape index (κ1) is 15.7. The lowest BCUT2D eigenvalue weighted by atomic mass is 10.4. The van der Waals surface area contributed by atoms with Gasteiger partial charge in [-0.05, 0) is 26.9 Å². The predicted octanol–water partition coefficient (Wildman–Crippen LogP) is 2.19. The van der Waals surface area contributed by atoms with Crippen molar-refractivity contribution in [1.82, 2.24) is 14.9 Å². The maximum Gasteiger partial charge on any atom is 0.218 e. The van der Waals surface area contributed by atoms with Gasteiger partial charge in [-0.2, -0.15) is 4.98 Å². The molecule has 0 aliphatic heterocycles. The minimum absolute atomic E-state index is 0.671. The maximum atomic E-state index is 5.70. The van der Waals surface area contributed by atoms with Gasteiger partial charge in [0.25, 0.3) is 0 Å². The number of anilines is 1. The van der Waals surface area contributed by atoms with Gasteiger partial charge in [0, 0.05) is 25.6 Å². The monoisotopic (exact) mass is 266 g/mol. The lowest BCUT2D eigenvalue weighted by Gasteiger charge is -2.11. The third-order valence-corrected chi connectivity index (χ3v) is 2.62. The van der Waals surface area contributed by atoms with Crippen molar-refractivity contribution in [3.05, 3.63) is 11.9 Å². The zero-order chi connectivity index (χ0) is 14.1. The minimum Gasteiger partial charge on any atom is -0.477 e. The first-order valence-electron chi connectivity index (χ1n) is 7.05. The van der Waals surface area contributed by atoms with E-state index in [2.05, 4.69) is 48.1 Å². The fourth-order valence-electron chi connectivity index (χ4n) is 1.61. The molecule has 0 spiro atoms. The Morgan fingerprint density at radius 2 is 2.05 bits per heavy atom. The SMILES string of the molecule is CCCNc1cc(OCCCN(C)C)nc(CC)n1. The Labute approximate surface area is 116 Å². The van der Waals surface area contributed by atoms with Crippen molar-refractivity contribution in [3.8, 4) is 5.88 Å². The third-order valence-electron chi connectivity index (χ3n) is 2.62. The van der Waals surface area contributed by atoms with Gasteiger partial charge in [0.2, 0.25) is 5.88 Å². The van der Waals surface area contributed by atoms with Gasteiger partial charge >= 0.3 is 0 Å².